The molecule has 3 heterocycles. The monoisotopic (exact) mass is 262 g/mol. The Hall–Kier alpha value is -1.16. The van der Waals surface area contributed by atoms with Gasteiger partial charge in [-0.25, -0.2) is 9.97 Å². The lowest BCUT2D eigenvalue weighted by atomic mass is 10.1. The van der Waals surface area contributed by atoms with Gasteiger partial charge in [-0.3, -0.25) is 0 Å². The van der Waals surface area contributed by atoms with Crippen LogP contribution in [0.15, 0.2) is 6.20 Å². The van der Waals surface area contributed by atoms with Gasteiger partial charge in [-0.05, 0) is 19.4 Å². The van der Waals surface area contributed by atoms with Gasteiger partial charge in [0.25, 0.3) is 0 Å². The fourth-order valence-corrected chi connectivity index (χ4v) is 2.72. The average Bonchev–Trinajstić information content (AvgIpc) is 2.87. The number of anilines is 1. The first-order valence-corrected chi connectivity index (χ1v) is 7.50. The maximum atomic E-state index is 4.75. The molecule has 4 nitrogen and oxygen atoms in total. The van der Waals surface area contributed by atoms with Gasteiger partial charge in [0.05, 0.1) is 5.69 Å². The average molecular weight is 262 g/mol. The maximum Gasteiger partial charge on any atom is 0.225 e. The van der Waals surface area contributed by atoms with Crippen molar-refractivity contribution in [1.29, 1.82) is 0 Å². The first-order valence-electron chi connectivity index (χ1n) is 7.50. The normalized spacial score (nSPS) is 22.7. The molecular formula is C15H26N4. The van der Waals surface area contributed by atoms with Gasteiger partial charge in [-0.1, -0.05) is 20.8 Å². The fraction of sp³-hybridized carbons (Fsp3) is 0.733. The lowest BCUT2D eigenvalue weighted by molar-refractivity contribution is 0.309. The second kappa shape index (κ2) is 6.33. The van der Waals surface area contributed by atoms with Crippen molar-refractivity contribution in [2.75, 3.05) is 31.6 Å². The Labute approximate surface area is 116 Å². The number of aromatic nitrogens is 2. The summed E-state index contributed by atoms with van der Waals surface area (Å²) in [6.07, 6.45) is 4.35. The van der Waals surface area contributed by atoms with Crippen LogP contribution in [0.5, 0.6) is 0 Å². The molecule has 1 aromatic heterocycles. The molecule has 0 spiro atoms. The predicted molar refractivity (Wildman–Crippen MR) is 79.4 cm³/mol. The van der Waals surface area contributed by atoms with Crippen LogP contribution in [0.3, 0.4) is 0 Å². The molecule has 0 aromatic carbocycles. The Kier molecular flexibility index (Phi) is 4.75. The summed E-state index contributed by atoms with van der Waals surface area (Å²) in [7, 11) is 2.15. The van der Waals surface area contributed by atoms with Crippen LogP contribution in [-0.2, 0) is 13.0 Å². The molecule has 1 unspecified atom stereocenters. The van der Waals surface area contributed by atoms with Gasteiger partial charge < -0.3 is 9.80 Å². The zero-order valence-electron chi connectivity index (χ0n) is 12.7. The van der Waals surface area contributed by atoms with Crippen molar-refractivity contribution in [2.24, 2.45) is 5.92 Å². The van der Waals surface area contributed by atoms with Crippen molar-refractivity contribution < 1.29 is 0 Å². The molecule has 0 saturated carbocycles. The lowest BCUT2D eigenvalue weighted by Gasteiger charge is -2.25. The smallest absolute Gasteiger partial charge is 0.225 e. The molecule has 0 N–H and O–H groups in total. The minimum atomic E-state index is 0.778. The molecular weight excluding hydrogens is 236 g/mol. The van der Waals surface area contributed by atoms with Gasteiger partial charge in [0, 0.05) is 44.4 Å². The third-order valence-corrected chi connectivity index (χ3v) is 3.82. The molecule has 1 saturated heterocycles. The summed E-state index contributed by atoms with van der Waals surface area (Å²) in [5.74, 6) is 1.72. The van der Waals surface area contributed by atoms with E-state index in [1.807, 2.05) is 20.0 Å². The summed E-state index contributed by atoms with van der Waals surface area (Å²) in [6, 6.07) is 0. The minimum absolute atomic E-state index is 0.778. The highest BCUT2D eigenvalue weighted by Gasteiger charge is 2.22. The Morgan fingerprint density at radius 1 is 1.26 bits per heavy atom. The Morgan fingerprint density at radius 3 is 2.74 bits per heavy atom. The van der Waals surface area contributed by atoms with Crippen molar-refractivity contribution in [3.63, 3.8) is 0 Å². The second-order valence-electron chi connectivity index (χ2n) is 5.47. The molecule has 0 aliphatic carbocycles. The van der Waals surface area contributed by atoms with Crippen molar-refractivity contribution in [1.82, 2.24) is 14.9 Å². The molecule has 1 aromatic rings. The lowest BCUT2D eigenvalue weighted by Crippen LogP contribution is -2.29. The highest BCUT2D eigenvalue weighted by atomic mass is 15.3. The first-order chi connectivity index (χ1) is 9.22. The number of hydrogen-bond acceptors (Lipinski definition) is 4. The molecule has 4 heteroatoms. The van der Waals surface area contributed by atoms with Crippen LogP contribution < -0.4 is 4.90 Å². The fourth-order valence-electron chi connectivity index (χ4n) is 2.72. The van der Waals surface area contributed by atoms with Gasteiger partial charge in [-0.2, -0.15) is 0 Å². The van der Waals surface area contributed by atoms with Gasteiger partial charge in [0.1, 0.15) is 0 Å². The summed E-state index contributed by atoms with van der Waals surface area (Å²) in [6.45, 7) is 10.6. The number of fused-ring (bicyclic) bond motifs is 1. The Morgan fingerprint density at radius 2 is 2.05 bits per heavy atom. The van der Waals surface area contributed by atoms with Gasteiger partial charge in [0.15, 0.2) is 0 Å². The van der Waals surface area contributed by atoms with Crippen molar-refractivity contribution in [3.8, 4) is 0 Å². The van der Waals surface area contributed by atoms with E-state index in [1.54, 1.807) is 0 Å². The minimum Gasteiger partial charge on any atom is -0.341 e. The number of likely N-dealkylation sites (N-methyl/N-ethyl adjacent to an activating group) is 1. The maximum absolute atomic E-state index is 4.75. The summed E-state index contributed by atoms with van der Waals surface area (Å²) in [4.78, 5) is 13.9. The number of rotatable bonds is 1. The molecule has 0 bridgehead atoms. The van der Waals surface area contributed by atoms with Crippen LogP contribution in [-0.4, -0.2) is 41.5 Å². The van der Waals surface area contributed by atoms with E-state index in [9.17, 15) is 0 Å². The van der Waals surface area contributed by atoms with Crippen LogP contribution >= 0.6 is 0 Å². The molecule has 106 valence electrons. The van der Waals surface area contributed by atoms with Crippen molar-refractivity contribution >= 4 is 5.95 Å². The summed E-state index contributed by atoms with van der Waals surface area (Å²) in [5.41, 5.74) is 2.56. The van der Waals surface area contributed by atoms with E-state index in [1.165, 1.54) is 17.7 Å². The van der Waals surface area contributed by atoms with E-state index in [2.05, 4.69) is 28.8 Å². The topological polar surface area (TPSA) is 32.3 Å². The molecule has 0 amide bonds. The molecule has 3 rings (SSSR count). The van der Waals surface area contributed by atoms with Crippen LogP contribution in [0.4, 0.5) is 5.95 Å². The first kappa shape index (κ1) is 14.3. The standard InChI is InChI=1S/C13H20N4.C2H6/c1-10-3-6-17(8-10)13-14-7-11-9-16(2)5-4-12(11)15-13;1-2/h7,10H,3-6,8-9H2,1-2H3;1-2H3. The number of nitrogens with zero attached hydrogens (tertiary/aromatic N) is 4. The van der Waals surface area contributed by atoms with E-state index in [0.29, 0.717) is 0 Å². The molecule has 2 aliphatic heterocycles. The number of hydrogen-bond donors (Lipinski definition) is 0. The zero-order chi connectivity index (χ0) is 13.8. The summed E-state index contributed by atoms with van der Waals surface area (Å²) >= 11 is 0. The van der Waals surface area contributed by atoms with E-state index in [-0.39, 0.29) is 0 Å². The Bertz CT molecular complexity index is 419. The van der Waals surface area contributed by atoms with Crippen LogP contribution in [0.2, 0.25) is 0 Å². The molecule has 2 aliphatic rings. The van der Waals surface area contributed by atoms with Gasteiger partial charge >= 0.3 is 0 Å². The van der Waals surface area contributed by atoms with Gasteiger partial charge in [0.2, 0.25) is 5.95 Å². The Balaban J connectivity index is 0.000000637. The van der Waals surface area contributed by atoms with Crippen LogP contribution in [0.25, 0.3) is 0 Å². The highest BCUT2D eigenvalue weighted by molar-refractivity contribution is 5.35. The van der Waals surface area contributed by atoms with E-state index < -0.39 is 0 Å². The predicted octanol–water partition coefficient (Wildman–Crippen LogP) is 2.34. The molecule has 19 heavy (non-hydrogen) atoms. The van der Waals surface area contributed by atoms with E-state index in [4.69, 9.17) is 4.98 Å². The largest absolute Gasteiger partial charge is 0.341 e. The molecule has 1 fully saturated rings. The second-order valence-corrected chi connectivity index (χ2v) is 5.47. The SMILES string of the molecule is CC.CC1CCN(c2ncc3c(n2)CCN(C)C3)C1. The molecule has 1 atom stereocenters. The van der Waals surface area contributed by atoms with E-state index >= 15 is 0 Å². The van der Waals surface area contributed by atoms with E-state index in [0.717, 1.165) is 44.5 Å². The quantitative estimate of drug-likeness (QED) is 0.777. The van der Waals surface area contributed by atoms with Crippen molar-refractivity contribution in [3.05, 3.63) is 17.5 Å². The third kappa shape index (κ3) is 3.24. The van der Waals surface area contributed by atoms with Crippen molar-refractivity contribution in [2.45, 2.75) is 40.2 Å². The summed E-state index contributed by atoms with van der Waals surface area (Å²) < 4.78 is 0. The van der Waals surface area contributed by atoms with Crippen LogP contribution in [0.1, 0.15) is 38.4 Å². The molecule has 0 radical (unpaired) electrons. The third-order valence-electron chi connectivity index (χ3n) is 3.82. The highest BCUT2D eigenvalue weighted by Crippen LogP contribution is 2.22. The zero-order valence-corrected chi connectivity index (χ0v) is 12.7. The summed E-state index contributed by atoms with van der Waals surface area (Å²) in [5, 5.41) is 0. The van der Waals surface area contributed by atoms with Gasteiger partial charge in [-0.15, -0.1) is 0 Å². The van der Waals surface area contributed by atoms with Crippen LogP contribution in [0, 0.1) is 5.92 Å².